The topological polar surface area (TPSA) is 32.3 Å². The first kappa shape index (κ1) is 17.1. The lowest BCUT2D eigenvalue weighted by molar-refractivity contribution is 0.0940. The van der Waals surface area contributed by atoms with Crippen LogP contribution in [0.15, 0.2) is 48.5 Å². The molecule has 0 aliphatic carbocycles. The summed E-state index contributed by atoms with van der Waals surface area (Å²) in [5, 5.41) is 3.07. The van der Waals surface area contributed by atoms with Gasteiger partial charge in [0.1, 0.15) is 0 Å². The Morgan fingerprint density at radius 1 is 0.957 bits per heavy atom. The van der Waals surface area contributed by atoms with Crippen LogP contribution in [-0.2, 0) is 0 Å². The molecular formula is C20H26N2O. The minimum absolute atomic E-state index is 0.0216. The monoisotopic (exact) mass is 310 g/mol. The predicted molar refractivity (Wildman–Crippen MR) is 97.2 cm³/mol. The minimum Gasteiger partial charge on any atom is -0.378 e. The highest BCUT2D eigenvalue weighted by atomic mass is 16.1. The smallest absolute Gasteiger partial charge is 0.251 e. The number of rotatable bonds is 5. The van der Waals surface area contributed by atoms with Crippen LogP contribution in [0.4, 0.5) is 5.69 Å². The molecule has 0 radical (unpaired) electrons. The van der Waals surface area contributed by atoms with Gasteiger partial charge in [0.05, 0.1) is 6.04 Å². The van der Waals surface area contributed by atoms with E-state index < -0.39 is 0 Å². The first-order valence-corrected chi connectivity index (χ1v) is 8.06. The summed E-state index contributed by atoms with van der Waals surface area (Å²) >= 11 is 0. The third kappa shape index (κ3) is 4.35. The molecule has 1 N–H and O–H groups in total. The maximum Gasteiger partial charge on any atom is 0.251 e. The Balaban J connectivity index is 2.08. The van der Waals surface area contributed by atoms with Crippen molar-refractivity contribution < 1.29 is 4.79 Å². The van der Waals surface area contributed by atoms with E-state index in [0.717, 1.165) is 11.3 Å². The number of benzene rings is 2. The number of hydrogen-bond acceptors (Lipinski definition) is 2. The summed E-state index contributed by atoms with van der Waals surface area (Å²) in [7, 11) is 3.94. The van der Waals surface area contributed by atoms with E-state index in [4.69, 9.17) is 0 Å². The molecule has 0 fully saturated rings. The molecule has 0 unspecified atom stereocenters. The van der Waals surface area contributed by atoms with Crippen LogP contribution in [-0.4, -0.2) is 20.0 Å². The molecule has 3 heteroatoms. The molecule has 0 aliphatic rings. The van der Waals surface area contributed by atoms with Crippen molar-refractivity contribution in [1.29, 1.82) is 0 Å². The van der Waals surface area contributed by atoms with E-state index in [0.29, 0.717) is 11.5 Å². The number of carbonyl (C=O) groups excluding carboxylic acids is 1. The van der Waals surface area contributed by atoms with Crippen LogP contribution in [0.1, 0.15) is 54.2 Å². The van der Waals surface area contributed by atoms with E-state index in [1.807, 2.05) is 50.2 Å². The minimum atomic E-state index is -0.0471. The highest BCUT2D eigenvalue weighted by Crippen LogP contribution is 2.19. The fraction of sp³-hybridized carbons (Fsp3) is 0.350. The van der Waals surface area contributed by atoms with Crippen LogP contribution >= 0.6 is 0 Å². The number of amides is 1. The van der Waals surface area contributed by atoms with Crippen LogP contribution in [0.25, 0.3) is 0 Å². The highest BCUT2D eigenvalue weighted by Gasteiger charge is 2.12. The van der Waals surface area contributed by atoms with Crippen LogP contribution in [0.2, 0.25) is 0 Å². The Labute approximate surface area is 139 Å². The van der Waals surface area contributed by atoms with Gasteiger partial charge in [-0.3, -0.25) is 4.79 Å². The van der Waals surface area contributed by atoms with Crippen molar-refractivity contribution in [2.24, 2.45) is 0 Å². The fourth-order valence-electron chi connectivity index (χ4n) is 2.46. The number of nitrogens with zero attached hydrogens (tertiary/aromatic N) is 1. The van der Waals surface area contributed by atoms with Crippen LogP contribution in [0, 0.1) is 0 Å². The standard InChI is InChI=1S/C20H26N2O/c1-14(2)16-9-11-17(12-10-16)15(3)21-20(23)18-7-6-8-19(13-18)22(4)5/h6-15H,1-5H3,(H,21,23)/t15-/m0/s1. The molecular weight excluding hydrogens is 284 g/mol. The van der Waals surface area contributed by atoms with Crippen LogP contribution in [0.3, 0.4) is 0 Å². The number of nitrogens with one attached hydrogen (secondary N) is 1. The summed E-state index contributed by atoms with van der Waals surface area (Å²) in [6.07, 6.45) is 0. The van der Waals surface area contributed by atoms with Crippen molar-refractivity contribution in [2.45, 2.75) is 32.7 Å². The zero-order valence-corrected chi connectivity index (χ0v) is 14.6. The summed E-state index contributed by atoms with van der Waals surface area (Å²) in [6, 6.07) is 16.1. The Morgan fingerprint density at radius 3 is 2.13 bits per heavy atom. The van der Waals surface area contributed by atoms with Gasteiger partial charge in [0.2, 0.25) is 0 Å². The lowest BCUT2D eigenvalue weighted by atomic mass is 9.99. The second kappa shape index (κ2) is 7.32. The summed E-state index contributed by atoms with van der Waals surface area (Å²) in [5.41, 5.74) is 4.13. The van der Waals surface area contributed by atoms with Gasteiger partial charge >= 0.3 is 0 Å². The van der Waals surface area contributed by atoms with Crippen molar-refractivity contribution in [3.8, 4) is 0 Å². The van der Waals surface area contributed by atoms with Crippen molar-refractivity contribution in [1.82, 2.24) is 5.32 Å². The lowest BCUT2D eigenvalue weighted by Crippen LogP contribution is -2.26. The van der Waals surface area contributed by atoms with Crippen molar-refractivity contribution in [3.63, 3.8) is 0 Å². The van der Waals surface area contributed by atoms with E-state index in [1.54, 1.807) is 0 Å². The van der Waals surface area contributed by atoms with E-state index in [1.165, 1.54) is 5.56 Å². The van der Waals surface area contributed by atoms with Gasteiger partial charge in [0.25, 0.3) is 5.91 Å². The molecule has 2 rings (SSSR count). The summed E-state index contributed by atoms with van der Waals surface area (Å²) in [5.74, 6) is 0.469. The SMILES string of the molecule is CC(C)c1ccc([C@H](C)NC(=O)c2cccc(N(C)C)c2)cc1. The van der Waals surface area contributed by atoms with E-state index in [9.17, 15) is 4.79 Å². The number of carbonyl (C=O) groups is 1. The van der Waals surface area contributed by atoms with Gasteiger partial charge in [0.15, 0.2) is 0 Å². The van der Waals surface area contributed by atoms with E-state index >= 15 is 0 Å². The normalized spacial score (nSPS) is 12.1. The molecule has 23 heavy (non-hydrogen) atoms. The molecule has 0 aliphatic heterocycles. The second-order valence-corrected chi connectivity index (χ2v) is 6.46. The van der Waals surface area contributed by atoms with Crippen LogP contribution in [0.5, 0.6) is 0 Å². The van der Waals surface area contributed by atoms with Gasteiger partial charge in [-0.05, 0) is 42.2 Å². The summed E-state index contributed by atoms with van der Waals surface area (Å²) in [4.78, 5) is 14.4. The maximum absolute atomic E-state index is 12.4. The molecule has 1 atom stereocenters. The maximum atomic E-state index is 12.4. The molecule has 1 amide bonds. The van der Waals surface area contributed by atoms with Crippen molar-refractivity contribution in [2.75, 3.05) is 19.0 Å². The molecule has 2 aromatic rings. The summed E-state index contributed by atoms with van der Waals surface area (Å²) in [6.45, 7) is 6.37. The van der Waals surface area contributed by atoms with Gasteiger partial charge in [-0.2, -0.15) is 0 Å². The average molecular weight is 310 g/mol. The van der Waals surface area contributed by atoms with Gasteiger partial charge in [-0.1, -0.05) is 44.2 Å². The van der Waals surface area contributed by atoms with Gasteiger partial charge in [-0.25, -0.2) is 0 Å². The Morgan fingerprint density at radius 2 is 1.57 bits per heavy atom. The fourth-order valence-corrected chi connectivity index (χ4v) is 2.46. The number of hydrogen-bond donors (Lipinski definition) is 1. The largest absolute Gasteiger partial charge is 0.378 e. The first-order chi connectivity index (χ1) is 10.9. The lowest BCUT2D eigenvalue weighted by Gasteiger charge is -2.17. The summed E-state index contributed by atoms with van der Waals surface area (Å²) < 4.78 is 0. The van der Waals surface area contributed by atoms with Gasteiger partial charge in [0, 0.05) is 25.3 Å². The Hall–Kier alpha value is -2.29. The molecule has 122 valence electrons. The molecule has 0 aromatic heterocycles. The average Bonchev–Trinajstić information content (AvgIpc) is 2.54. The van der Waals surface area contributed by atoms with Crippen LogP contribution < -0.4 is 10.2 Å². The predicted octanol–water partition coefficient (Wildman–Crippen LogP) is 4.37. The highest BCUT2D eigenvalue weighted by molar-refractivity contribution is 5.95. The van der Waals surface area contributed by atoms with Gasteiger partial charge in [-0.15, -0.1) is 0 Å². The molecule has 0 heterocycles. The number of anilines is 1. The molecule has 0 bridgehead atoms. The molecule has 0 saturated heterocycles. The van der Waals surface area contributed by atoms with Crippen molar-refractivity contribution in [3.05, 3.63) is 65.2 Å². The van der Waals surface area contributed by atoms with E-state index in [-0.39, 0.29) is 11.9 Å². The third-order valence-electron chi connectivity index (χ3n) is 4.08. The first-order valence-electron chi connectivity index (χ1n) is 8.06. The van der Waals surface area contributed by atoms with Crippen molar-refractivity contribution >= 4 is 11.6 Å². The molecule has 2 aromatic carbocycles. The quantitative estimate of drug-likeness (QED) is 0.889. The van der Waals surface area contributed by atoms with E-state index in [2.05, 4.69) is 43.4 Å². The Kier molecular flexibility index (Phi) is 5.43. The Bertz CT molecular complexity index is 660. The molecule has 0 spiro atoms. The molecule has 0 saturated carbocycles. The zero-order chi connectivity index (χ0) is 17.0. The van der Waals surface area contributed by atoms with Gasteiger partial charge < -0.3 is 10.2 Å². The second-order valence-electron chi connectivity index (χ2n) is 6.46. The third-order valence-corrected chi connectivity index (χ3v) is 4.08. The zero-order valence-electron chi connectivity index (χ0n) is 14.6. The molecule has 3 nitrogen and oxygen atoms in total.